The highest BCUT2D eigenvalue weighted by Gasteiger charge is 2.32. The highest BCUT2D eigenvalue weighted by atomic mass is 35.5. The first-order valence-corrected chi connectivity index (χ1v) is 12.1. The van der Waals surface area contributed by atoms with Crippen LogP contribution in [0.1, 0.15) is 16.7 Å². The van der Waals surface area contributed by atoms with E-state index in [1.165, 1.54) is 10.7 Å². The number of fused-ring (bicyclic) bond motifs is 1. The molecule has 2 aliphatic heterocycles. The van der Waals surface area contributed by atoms with Crippen LogP contribution in [0.3, 0.4) is 0 Å². The summed E-state index contributed by atoms with van der Waals surface area (Å²) in [4.78, 5) is 19.3. The van der Waals surface area contributed by atoms with E-state index in [0.29, 0.717) is 17.1 Å². The maximum Gasteiger partial charge on any atom is 0.416 e. The van der Waals surface area contributed by atoms with Gasteiger partial charge in [0.2, 0.25) is 5.91 Å². The second kappa shape index (κ2) is 10.1. The van der Waals surface area contributed by atoms with E-state index < -0.39 is 11.7 Å². The van der Waals surface area contributed by atoms with Crippen LogP contribution in [-0.4, -0.2) is 64.8 Å². The van der Waals surface area contributed by atoms with Crippen LogP contribution in [0.5, 0.6) is 0 Å². The van der Waals surface area contributed by atoms with Gasteiger partial charge in [0.1, 0.15) is 5.82 Å². The predicted molar refractivity (Wildman–Crippen MR) is 133 cm³/mol. The number of amides is 1. The second-order valence-corrected chi connectivity index (χ2v) is 9.39. The Balaban J connectivity index is 1.22. The van der Waals surface area contributed by atoms with Crippen molar-refractivity contribution in [2.45, 2.75) is 12.7 Å². The van der Waals surface area contributed by atoms with Crippen LogP contribution in [-0.2, 0) is 17.5 Å². The standard InChI is InChI=1S/C26H25ClF3N5O/c27-22-6-1-3-19(15-22)17-32-11-13-33(14-12-32)18-25(36)34-10-8-23(35-24(34)7-9-31-35)20-4-2-5-21(16-20)26(28,29)30/h1-9,15-16H,10-14,17-18H2. The normalized spacial score (nSPS) is 17.1. The molecular weight excluding hydrogens is 491 g/mol. The molecule has 2 aliphatic rings. The molecule has 2 aromatic carbocycles. The molecule has 0 saturated carbocycles. The topological polar surface area (TPSA) is 44.6 Å². The summed E-state index contributed by atoms with van der Waals surface area (Å²) in [6.07, 6.45) is -1.13. The largest absolute Gasteiger partial charge is 0.416 e. The van der Waals surface area contributed by atoms with Crippen molar-refractivity contribution in [1.82, 2.24) is 19.6 Å². The van der Waals surface area contributed by atoms with Crippen molar-refractivity contribution in [1.29, 1.82) is 0 Å². The smallest absolute Gasteiger partial charge is 0.297 e. The van der Waals surface area contributed by atoms with Crippen LogP contribution >= 0.6 is 11.6 Å². The first-order chi connectivity index (χ1) is 17.3. The summed E-state index contributed by atoms with van der Waals surface area (Å²) in [5, 5.41) is 5.01. The van der Waals surface area contributed by atoms with Gasteiger partial charge in [-0.05, 0) is 35.9 Å². The lowest BCUT2D eigenvalue weighted by molar-refractivity contribution is -0.137. The number of alkyl halides is 3. The van der Waals surface area contributed by atoms with E-state index in [2.05, 4.69) is 21.0 Å². The quantitative estimate of drug-likeness (QED) is 0.498. The number of hydrogen-bond donors (Lipinski definition) is 0. The first kappa shape index (κ1) is 24.5. The minimum absolute atomic E-state index is 0.0700. The van der Waals surface area contributed by atoms with Crippen molar-refractivity contribution in [3.8, 4) is 0 Å². The Kier molecular flexibility index (Phi) is 6.87. The summed E-state index contributed by atoms with van der Waals surface area (Å²) in [7, 11) is 0. The number of rotatable bonds is 5. The molecule has 10 heteroatoms. The van der Waals surface area contributed by atoms with Gasteiger partial charge in [-0.25, -0.2) is 4.68 Å². The van der Waals surface area contributed by atoms with Gasteiger partial charge in [0, 0.05) is 55.9 Å². The number of aromatic nitrogens is 2. The monoisotopic (exact) mass is 515 g/mol. The summed E-state index contributed by atoms with van der Waals surface area (Å²) in [5.41, 5.74) is 1.37. The van der Waals surface area contributed by atoms with Crippen LogP contribution in [0.15, 0.2) is 66.9 Å². The molecule has 0 bridgehead atoms. The van der Waals surface area contributed by atoms with Gasteiger partial charge in [-0.15, -0.1) is 0 Å². The van der Waals surface area contributed by atoms with E-state index in [1.54, 1.807) is 29.3 Å². The van der Waals surface area contributed by atoms with Crippen molar-refractivity contribution in [3.63, 3.8) is 0 Å². The number of anilines is 1. The Morgan fingerprint density at radius 3 is 2.47 bits per heavy atom. The summed E-state index contributed by atoms with van der Waals surface area (Å²) in [6.45, 7) is 4.58. The summed E-state index contributed by atoms with van der Waals surface area (Å²) in [6, 6.07) is 14.7. The van der Waals surface area contributed by atoms with Crippen LogP contribution in [0.4, 0.5) is 19.0 Å². The van der Waals surface area contributed by atoms with Crippen molar-refractivity contribution < 1.29 is 18.0 Å². The molecule has 188 valence electrons. The molecule has 1 saturated heterocycles. The van der Waals surface area contributed by atoms with Crippen molar-refractivity contribution in [2.24, 2.45) is 0 Å². The first-order valence-electron chi connectivity index (χ1n) is 11.7. The van der Waals surface area contributed by atoms with Gasteiger partial charge in [-0.3, -0.25) is 19.5 Å². The van der Waals surface area contributed by atoms with Gasteiger partial charge < -0.3 is 0 Å². The second-order valence-electron chi connectivity index (χ2n) is 8.96. The maximum absolute atomic E-state index is 13.2. The molecule has 36 heavy (non-hydrogen) atoms. The molecule has 0 spiro atoms. The van der Waals surface area contributed by atoms with E-state index in [4.69, 9.17) is 11.6 Å². The van der Waals surface area contributed by atoms with Crippen LogP contribution < -0.4 is 4.90 Å². The van der Waals surface area contributed by atoms with Crippen molar-refractivity contribution >= 4 is 29.0 Å². The lowest BCUT2D eigenvalue weighted by atomic mass is 10.1. The molecule has 1 fully saturated rings. The molecule has 0 atom stereocenters. The number of piperazine rings is 1. The number of carbonyl (C=O) groups is 1. The Morgan fingerprint density at radius 2 is 1.72 bits per heavy atom. The number of carbonyl (C=O) groups excluding carboxylic acids is 1. The molecule has 0 radical (unpaired) electrons. The fraction of sp³-hybridized carbons (Fsp3) is 0.308. The van der Waals surface area contributed by atoms with Gasteiger partial charge in [0.05, 0.1) is 24.0 Å². The number of halogens is 4. The number of hydrogen-bond acceptors (Lipinski definition) is 4. The molecule has 0 unspecified atom stereocenters. The Morgan fingerprint density at radius 1 is 0.972 bits per heavy atom. The fourth-order valence-corrected chi connectivity index (χ4v) is 4.86. The third-order valence-corrected chi connectivity index (χ3v) is 6.74. The van der Waals surface area contributed by atoms with E-state index in [1.807, 2.05) is 18.2 Å². The van der Waals surface area contributed by atoms with Crippen LogP contribution in [0, 0.1) is 0 Å². The molecule has 0 aliphatic carbocycles. The molecular formula is C26H25ClF3N5O. The van der Waals surface area contributed by atoms with E-state index in [9.17, 15) is 18.0 Å². The zero-order valence-corrected chi connectivity index (χ0v) is 20.2. The van der Waals surface area contributed by atoms with Crippen LogP contribution in [0.25, 0.3) is 5.70 Å². The lowest BCUT2D eigenvalue weighted by Crippen LogP contribution is -2.50. The molecule has 3 aromatic rings. The highest BCUT2D eigenvalue weighted by molar-refractivity contribution is 6.30. The molecule has 6 nitrogen and oxygen atoms in total. The molecule has 1 aromatic heterocycles. The third-order valence-electron chi connectivity index (χ3n) is 6.50. The zero-order chi connectivity index (χ0) is 25.3. The maximum atomic E-state index is 13.2. The molecule has 3 heterocycles. The molecule has 0 N–H and O–H groups in total. The third kappa shape index (κ3) is 5.33. The van der Waals surface area contributed by atoms with Gasteiger partial charge in [0.25, 0.3) is 0 Å². The van der Waals surface area contributed by atoms with Gasteiger partial charge in [0.15, 0.2) is 0 Å². The van der Waals surface area contributed by atoms with Gasteiger partial charge >= 0.3 is 6.18 Å². The average Bonchev–Trinajstić information content (AvgIpc) is 3.34. The Hall–Kier alpha value is -3.14. The fourth-order valence-electron chi connectivity index (χ4n) is 4.64. The number of nitrogens with zero attached hydrogens (tertiary/aromatic N) is 5. The Bertz CT molecular complexity index is 1280. The van der Waals surface area contributed by atoms with Crippen LogP contribution in [0.2, 0.25) is 5.02 Å². The number of benzene rings is 2. The molecule has 1 amide bonds. The Labute approximate surface area is 212 Å². The van der Waals surface area contributed by atoms with Crippen molar-refractivity contribution in [2.75, 3.05) is 44.2 Å². The zero-order valence-electron chi connectivity index (χ0n) is 19.5. The lowest BCUT2D eigenvalue weighted by Gasteiger charge is -2.36. The average molecular weight is 516 g/mol. The van der Waals surface area contributed by atoms with E-state index in [-0.39, 0.29) is 19.0 Å². The van der Waals surface area contributed by atoms with E-state index in [0.717, 1.165) is 55.4 Å². The summed E-state index contributed by atoms with van der Waals surface area (Å²) in [5.74, 6) is 0.480. The molecule has 5 rings (SSSR count). The van der Waals surface area contributed by atoms with Crippen molar-refractivity contribution in [3.05, 3.63) is 88.6 Å². The van der Waals surface area contributed by atoms with Gasteiger partial charge in [-0.1, -0.05) is 35.9 Å². The highest BCUT2D eigenvalue weighted by Crippen LogP contribution is 2.33. The predicted octanol–water partition coefficient (Wildman–Crippen LogP) is 4.61. The SMILES string of the molecule is O=C(CN1CCN(Cc2cccc(Cl)c2)CC1)N1CC=C(c2cccc(C(F)(F)F)c2)n2nccc21. The minimum Gasteiger partial charge on any atom is -0.297 e. The van der Waals surface area contributed by atoms with E-state index >= 15 is 0 Å². The minimum atomic E-state index is -4.43. The van der Waals surface area contributed by atoms with Gasteiger partial charge in [-0.2, -0.15) is 18.3 Å². The summed E-state index contributed by atoms with van der Waals surface area (Å²) >= 11 is 6.09. The summed E-state index contributed by atoms with van der Waals surface area (Å²) < 4.78 is 41.1.